The molecule has 0 bridgehead atoms. The van der Waals surface area contributed by atoms with E-state index in [-0.39, 0.29) is 12.5 Å². The number of amides is 2. The molecule has 2 amide bonds. The first-order valence-corrected chi connectivity index (χ1v) is 9.33. The molecule has 1 heterocycles. The van der Waals surface area contributed by atoms with Gasteiger partial charge in [-0.1, -0.05) is 45.8 Å². The van der Waals surface area contributed by atoms with Crippen LogP contribution in [-0.4, -0.2) is 24.6 Å². The van der Waals surface area contributed by atoms with Crippen LogP contribution in [0.25, 0.3) is 11.3 Å². The van der Waals surface area contributed by atoms with Gasteiger partial charge in [0.05, 0.1) is 12.8 Å². The predicted octanol–water partition coefficient (Wildman–Crippen LogP) is 3.90. The second-order valence-corrected chi connectivity index (χ2v) is 6.97. The van der Waals surface area contributed by atoms with Gasteiger partial charge in [0.25, 0.3) is 11.8 Å². The van der Waals surface area contributed by atoms with Crippen LogP contribution in [0.1, 0.15) is 21.7 Å². The van der Waals surface area contributed by atoms with E-state index in [2.05, 4.69) is 31.8 Å². The second kappa shape index (κ2) is 9.14. The maximum absolute atomic E-state index is 12.0. The molecule has 0 atom stereocenters. The molecule has 0 aliphatic rings. The quantitative estimate of drug-likeness (QED) is 0.451. The van der Waals surface area contributed by atoms with Gasteiger partial charge in [-0.2, -0.15) is 5.10 Å². The average Bonchev–Trinajstić information content (AvgIpc) is 3.15. The van der Waals surface area contributed by atoms with E-state index in [1.54, 1.807) is 24.3 Å². The molecule has 0 radical (unpaired) electrons. The summed E-state index contributed by atoms with van der Waals surface area (Å²) >= 11 is 3.39. The molecule has 6 nitrogen and oxygen atoms in total. The van der Waals surface area contributed by atoms with Gasteiger partial charge in [0.1, 0.15) is 11.5 Å². The van der Waals surface area contributed by atoms with Crippen molar-refractivity contribution in [2.45, 2.75) is 6.92 Å². The highest BCUT2D eigenvalue weighted by Gasteiger charge is 2.08. The summed E-state index contributed by atoms with van der Waals surface area (Å²) in [6, 6.07) is 18.4. The molecule has 2 N–H and O–H groups in total. The summed E-state index contributed by atoms with van der Waals surface area (Å²) in [7, 11) is 0. The lowest BCUT2D eigenvalue weighted by Gasteiger charge is -2.04. The Labute approximate surface area is 170 Å². The molecule has 0 fully saturated rings. The van der Waals surface area contributed by atoms with Crippen molar-refractivity contribution in [3.63, 3.8) is 0 Å². The molecule has 2 aromatic carbocycles. The Morgan fingerprint density at radius 3 is 2.64 bits per heavy atom. The molecule has 28 heavy (non-hydrogen) atoms. The number of nitrogens with one attached hydrogen (secondary N) is 2. The van der Waals surface area contributed by atoms with Gasteiger partial charge in [-0.25, -0.2) is 5.43 Å². The van der Waals surface area contributed by atoms with Crippen molar-refractivity contribution in [1.82, 2.24) is 10.7 Å². The number of benzene rings is 2. The molecule has 1 aromatic heterocycles. The SMILES string of the molecule is Cc1cccc(C(=O)NCC(=O)NN=Cc2ccc(-c3ccc(Br)cc3)o2)c1. The number of carbonyl (C=O) groups is 2. The Bertz CT molecular complexity index is 1010. The summed E-state index contributed by atoms with van der Waals surface area (Å²) in [6.07, 6.45) is 1.41. The van der Waals surface area contributed by atoms with Gasteiger partial charge >= 0.3 is 0 Å². The summed E-state index contributed by atoms with van der Waals surface area (Å²) in [5.74, 6) is 0.456. The molecule has 142 valence electrons. The van der Waals surface area contributed by atoms with Crippen LogP contribution in [0.4, 0.5) is 0 Å². The highest BCUT2D eigenvalue weighted by molar-refractivity contribution is 9.10. The number of hydrogen-bond donors (Lipinski definition) is 2. The summed E-state index contributed by atoms with van der Waals surface area (Å²) in [4.78, 5) is 23.8. The molecule has 0 saturated heterocycles. The van der Waals surface area contributed by atoms with Crippen molar-refractivity contribution in [3.8, 4) is 11.3 Å². The lowest BCUT2D eigenvalue weighted by Crippen LogP contribution is -2.34. The van der Waals surface area contributed by atoms with Crippen molar-refractivity contribution in [2.75, 3.05) is 6.54 Å². The van der Waals surface area contributed by atoms with Gasteiger partial charge in [0.2, 0.25) is 0 Å². The minimum Gasteiger partial charge on any atom is -0.455 e. The number of rotatable bonds is 6. The fourth-order valence-electron chi connectivity index (χ4n) is 2.45. The average molecular weight is 440 g/mol. The largest absolute Gasteiger partial charge is 0.455 e. The molecule has 0 aliphatic heterocycles. The van der Waals surface area contributed by atoms with Crippen molar-refractivity contribution in [3.05, 3.63) is 82.0 Å². The molecule has 0 spiro atoms. The molecule has 7 heteroatoms. The third-order valence-electron chi connectivity index (χ3n) is 3.83. The van der Waals surface area contributed by atoms with Crippen molar-refractivity contribution in [2.24, 2.45) is 5.10 Å². The lowest BCUT2D eigenvalue weighted by atomic mass is 10.1. The number of carbonyl (C=O) groups excluding carboxylic acids is 2. The number of hydrazone groups is 1. The van der Waals surface area contributed by atoms with Crippen LogP contribution in [0.2, 0.25) is 0 Å². The Morgan fingerprint density at radius 2 is 1.89 bits per heavy atom. The first-order chi connectivity index (χ1) is 13.5. The zero-order valence-electron chi connectivity index (χ0n) is 15.1. The maximum Gasteiger partial charge on any atom is 0.259 e. The zero-order valence-corrected chi connectivity index (χ0v) is 16.7. The van der Waals surface area contributed by atoms with Crippen molar-refractivity contribution >= 4 is 34.0 Å². The van der Waals surface area contributed by atoms with E-state index in [4.69, 9.17) is 4.42 Å². The normalized spacial score (nSPS) is 10.8. The van der Waals surface area contributed by atoms with Gasteiger partial charge in [0, 0.05) is 15.6 Å². The van der Waals surface area contributed by atoms with E-state index in [0.29, 0.717) is 17.1 Å². The van der Waals surface area contributed by atoms with Crippen LogP contribution >= 0.6 is 15.9 Å². The van der Waals surface area contributed by atoms with Gasteiger partial charge < -0.3 is 9.73 Å². The second-order valence-electron chi connectivity index (χ2n) is 6.05. The van der Waals surface area contributed by atoms with E-state index in [9.17, 15) is 9.59 Å². The number of nitrogens with zero attached hydrogens (tertiary/aromatic N) is 1. The lowest BCUT2D eigenvalue weighted by molar-refractivity contribution is -0.120. The predicted molar refractivity (Wildman–Crippen MR) is 111 cm³/mol. The van der Waals surface area contributed by atoms with Crippen LogP contribution in [0.15, 0.2) is 74.7 Å². The third kappa shape index (κ3) is 5.40. The zero-order chi connectivity index (χ0) is 19.9. The molecule has 3 aromatic rings. The number of halogens is 1. The highest BCUT2D eigenvalue weighted by Crippen LogP contribution is 2.23. The summed E-state index contributed by atoms with van der Waals surface area (Å²) in [6.45, 7) is 1.72. The summed E-state index contributed by atoms with van der Waals surface area (Å²) in [5, 5.41) is 6.40. The summed E-state index contributed by atoms with van der Waals surface area (Å²) in [5.41, 5.74) is 4.77. The van der Waals surface area contributed by atoms with Crippen LogP contribution < -0.4 is 10.7 Å². The number of hydrogen-bond acceptors (Lipinski definition) is 4. The molecular formula is C21H18BrN3O3. The van der Waals surface area contributed by atoms with Crippen LogP contribution in [0.5, 0.6) is 0 Å². The van der Waals surface area contributed by atoms with E-state index in [1.807, 2.05) is 43.3 Å². The molecule has 0 unspecified atom stereocenters. The van der Waals surface area contributed by atoms with Crippen LogP contribution in [0, 0.1) is 6.92 Å². The fraction of sp³-hybridized carbons (Fsp3) is 0.0952. The van der Waals surface area contributed by atoms with Crippen molar-refractivity contribution in [1.29, 1.82) is 0 Å². The van der Waals surface area contributed by atoms with E-state index in [0.717, 1.165) is 15.6 Å². The number of furan rings is 1. The maximum atomic E-state index is 12.0. The Kier molecular flexibility index (Phi) is 6.39. The minimum absolute atomic E-state index is 0.174. The molecular weight excluding hydrogens is 422 g/mol. The van der Waals surface area contributed by atoms with Crippen LogP contribution in [0.3, 0.4) is 0 Å². The standard InChI is InChI=1S/C21H18BrN3O3/c1-14-3-2-4-16(11-14)21(27)23-13-20(26)25-24-12-18-9-10-19(28-18)15-5-7-17(22)8-6-15/h2-12H,13H2,1H3,(H,23,27)(H,25,26). The first kappa shape index (κ1) is 19.6. The highest BCUT2D eigenvalue weighted by atomic mass is 79.9. The Hall–Kier alpha value is -3.19. The number of aryl methyl sites for hydroxylation is 1. The fourth-order valence-corrected chi connectivity index (χ4v) is 2.71. The molecule has 0 saturated carbocycles. The van der Waals surface area contributed by atoms with E-state index >= 15 is 0 Å². The van der Waals surface area contributed by atoms with E-state index in [1.165, 1.54) is 6.21 Å². The smallest absolute Gasteiger partial charge is 0.259 e. The van der Waals surface area contributed by atoms with Gasteiger partial charge in [-0.15, -0.1) is 0 Å². The van der Waals surface area contributed by atoms with E-state index < -0.39 is 5.91 Å². The summed E-state index contributed by atoms with van der Waals surface area (Å²) < 4.78 is 6.66. The van der Waals surface area contributed by atoms with Gasteiger partial charge in [-0.3, -0.25) is 9.59 Å². The topological polar surface area (TPSA) is 83.7 Å². The Balaban J connectivity index is 1.48. The monoisotopic (exact) mass is 439 g/mol. The molecule has 3 rings (SSSR count). The van der Waals surface area contributed by atoms with Crippen LogP contribution in [-0.2, 0) is 4.79 Å². The van der Waals surface area contributed by atoms with Gasteiger partial charge in [-0.05, 0) is 43.3 Å². The molecule has 0 aliphatic carbocycles. The Morgan fingerprint density at radius 1 is 1.11 bits per heavy atom. The first-order valence-electron chi connectivity index (χ1n) is 8.54. The van der Waals surface area contributed by atoms with Crippen molar-refractivity contribution < 1.29 is 14.0 Å². The third-order valence-corrected chi connectivity index (χ3v) is 4.35. The minimum atomic E-state index is -0.433. The van der Waals surface area contributed by atoms with Gasteiger partial charge in [0.15, 0.2) is 0 Å².